The lowest BCUT2D eigenvalue weighted by molar-refractivity contribution is -0.128. The smallest absolute Gasteiger partial charge is 0.231 e. The molecule has 3 aliphatic rings. The van der Waals surface area contributed by atoms with Crippen LogP contribution in [-0.2, 0) is 11.3 Å². The molecule has 4 rings (SSSR count). The number of carbonyl (C=O) groups excluding carboxylic acids is 1. The van der Waals surface area contributed by atoms with Gasteiger partial charge in [0.15, 0.2) is 11.5 Å². The molecule has 3 heterocycles. The number of benzene rings is 1. The van der Waals surface area contributed by atoms with Gasteiger partial charge < -0.3 is 14.8 Å². The Bertz CT molecular complexity index is 575. The van der Waals surface area contributed by atoms with Crippen molar-refractivity contribution in [2.45, 2.75) is 13.5 Å². The zero-order chi connectivity index (χ0) is 14.4. The van der Waals surface area contributed by atoms with E-state index >= 15 is 0 Å². The van der Waals surface area contributed by atoms with Gasteiger partial charge in [-0.2, -0.15) is 0 Å². The summed E-state index contributed by atoms with van der Waals surface area (Å²) in [6, 6.07) is 6.15. The zero-order valence-electron chi connectivity index (χ0n) is 12.2. The Morgan fingerprint density at radius 1 is 1.29 bits per heavy atom. The molecule has 112 valence electrons. The molecule has 2 fully saturated rings. The van der Waals surface area contributed by atoms with Crippen LogP contribution in [0.25, 0.3) is 0 Å². The number of rotatable bonds is 2. The van der Waals surface area contributed by atoms with Gasteiger partial charge >= 0.3 is 0 Å². The predicted octanol–water partition coefficient (Wildman–Crippen LogP) is 1.23. The van der Waals surface area contributed by atoms with Gasteiger partial charge in [-0.25, -0.2) is 0 Å². The summed E-state index contributed by atoms with van der Waals surface area (Å²) in [5, 5.41) is 3.02. The van der Waals surface area contributed by atoms with E-state index in [9.17, 15) is 4.79 Å². The summed E-state index contributed by atoms with van der Waals surface area (Å²) in [6.07, 6.45) is 0. The second-order valence-electron chi connectivity index (χ2n) is 6.34. The van der Waals surface area contributed by atoms with Crippen molar-refractivity contribution in [3.8, 4) is 11.5 Å². The van der Waals surface area contributed by atoms with Crippen molar-refractivity contribution >= 4 is 5.91 Å². The third kappa shape index (κ3) is 2.25. The minimum atomic E-state index is 0.130. The van der Waals surface area contributed by atoms with E-state index in [1.807, 2.05) is 6.07 Å². The molecule has 0 unspecified atom stereocenters. The number of carbonyl (C=O) groups is 1. The molecular formula is C16H20N2O3. The first kappa shape index (κ1) is 13.0. The lowest BCUT2D eigenvalue weighted by Gasteiger charge is -2.30. The molecule has 0 radical (unpaired) electrons. The Morgan fingerprint density at radius 3 is 3.05 bits per heavy atom. The molecular weight excluding hydrogens is 268 g/mol. The molecule has 0 spiro atoms. The van der Waals surface area contributed by atoms with Crippen LogP contribution in [0.3, 0.4) is 0 Å². The molecule has 1 aromatic rings. The van der Waals surface area contributed by atoms with Gasteiger partial charge in [-0.1, -0.05) is 13.0 Å². The number of amides is 1. The average Bonchev–Trinajstić information content (AvgIpc) is 3.09. The first-order chi connectivity index (χ1) is 10.2. The number of piperidine rings is 1. The highest BCUT2D eigenvalue weighted by Crippen LogP contribution is 2.35. The van der Waals surface area contributed by atoms with Gasteiger partial charge in [0.25, 0.3) is 0 Å². The fourth-order valence-corrected chi connectivity index (χ4v) is 3.78. The van der Waals surface area contributed by atoms with Crippen LogP contribution in [0.2, 0.25) is 0 Å². The summed E-state index contributed by atoms with van der Waals surface area (Å²) in [4.78, 5) is 14.2. The van der Waals surface area contributed by atoms with E-state index in [1.165, 1.54) is 5.56 Å². The highest BCUT2D eigenvalue weighted by Gasteiger charge is 2.41. The molecule has 2 saturated heterocycles. The van der Waals surface area contributed by atoms with Gasteiger partial charge in [-0.05, 0) is 29.5 Å². The van der Waals surface area contributed by atoms with Gasteiger partial charge in [0.1, 0.15) is 0 Å². The molecule has 21 heavy (non-hydrogen) atoms. The van der Waals surface area contributed by atoms with Gasteiger partial charge in [-0.3, -0.25) is 9.69 Å². The Kier molecular flexibility index (Phi) is 3.03. The monoisotopic (exact) mass is 288 g/mol. The van der Waals surface area contributed by atoms with Gasteiger partial charge in [0.05, 0.1) is 0 Å². The summed E-state index contributed by atoms with van der Waals surface area (Å²) >= 11 is 0. The van der Waals surface area contributed by atoms with E-state index in [4.69, 9.17) is 9.47 Å². The maximum Gasteiger partial charge on any atom is 0.231 e. The number of nitrogens with one attached hydrogen (secondary N) is 1. The van der Waals surface area contributed by atoms with Crippen molar-refractivity contribution in [2.75, 3.05) is 26.4 Å². The first-order valence-corrected chi connectivity index (χ1v) is 7.59. The molecule has 5 nitrogen and oxygen atoms in total. The average molecular weight is 288 g/mol. The van der Waals surface area contributed by atoms with E-state index in [0.717, 1.165) is 37.7 Å². The minimum Gasteiger partial charge on any atom is -0.454 e. The maximum atomic E-state index is 11.8. The van der Waals surface area contributed by atoms with Crippen LogP contribution in [0.15, 0.2) is 18.2 Å². The number of hydrogen-bond donors (Lipinski definition) is 1. The Hall–Kier alpha value is -1.75. The third-order valence-corrected chi connectivity index (χ3v) is 5.00. The Balaban J connectivity index is 1.45. The van der Waals surface area contributed by atoms with E-state index in [0.29, 0.717) is 18.6 Å². The summed E-state index contributed by atoms with van der Waals surface area (Å²) in [7, 11) is 0. The van der Waals surface area contributed by atoms with Gasteiger partial charge in [-0.15, -0.1) is 0 Å². The number of nitrogens with zero attached hydrogens (tertiary/aromatic N) is 1. The summed E-state index contributed by atoms with van der Waals surface area (Å²) in [6.45, 7) is 6.17. The predicted molar refractivity (Wildman–Crippen MR) is 77.0 cm³/mol. The quantitative estimate of drug-likeness (QED) is 0.889. The van der Waals surface area contributed by atoms with Crippen LogP contribution in [0, 0.1) is 17.8 Å². The molecule has 5 heteroatoms. The van der Waals surface area contributed by atoms with Crippen LogP contribution in [0.4, 0.5) is 0 Å². The van der Waals surface area contributed by atoms with Crippen molar-refractivity contribution in [3.05, 3.63) is 23.8 Å². The highest BCUT2D eigenvalue weighted by molar-refractivity contribution is 5.79. The molecule has 3 aliphatic heterocycles. The Morgan fingerprint density at radius 2 is 2.14 bits per heavy atom. The SMILES string of the molecule is C[C@H]1C(=O)NC[C@@H]2CN(Cc3ccc4c(c3)OCO4)C[C@@H]21. The van der Waals surface area contributed by atoms with E-state index in [2.05, 4.69) is 29.3 Å². The van der Waals surface area contributed by atoms with Crippen LogP contribution in [0.5, 0.6) is 11.5 Å². The number of ether oxygens (including phenoxy) is 2. The standard InChI is InChI=1S/C16H20N2O3/c1-10-13-8-18(7-12(13)5-17-16(10)19)6-11-2-3-14-15(4-11)21-9-20-14/h2-4,10,12-13H,5-9H2,1H3,(H,17,19)/t10-,12-,13-/m1/s1. The molecule has 1 amide bonds. The van der Waals surface area contributed by atoms with Gasteiger partial charge in [0.2, 0.25) is 12.7 Å². The van der Waals surface area contributed by atoms with Gasteiger partial charge in [0, 0.05) is 32.1 Å². The summed E-state index contributed by atoms with van der Waals surface area (Å²) < 4.78 is 10.8. The van der Waals surface area contributed by atoms with Crippen LogP contribution in [0.1, 0.15) is 12.5 Å². The van der Waals surface area contributed by atoms with Crippen molar-refractivity contribution in [1.29, 1.82) is 0 Å². The summed E-state index contributed by atoms with van der Waals surface area (Å²) in [5.74, 6) is 3.10. The number of hydrogen-bond acceptors (Lipinski definition) is 4. The Labute approximate surface area is 124 Å². The summed E-state index contributed by atoms with van der Waals surface area (Å²) in [5.41, 5.74) is 1.24. The lowest BCUT2D eigenvalue weighted by Crippen LogP contribution is -2.46. The van der Waals surface area contributed by atoms with Crippen LogP contribution in [-0.4, -0.2) is 37.2 Å². The number of likely N-dealkylation sites (tertiary alicyclic amines) is 1. The fraction of sp³-hybridized carbons (Fsp3) is 0.562. The molecule has 0 saturated carbocycles. The van der Waals surface area contributed by atoms with E-state index < -0.39 is 0 Å². The normalized spacial score (nSPS) is 31.1. The molecule has 0 bridgehead atoms. The minimum absolute atomic E-state index is 0.130. The van der Waals surface area contributed by atoms with E-state index in [-0.39, 0.29) is 11.8 Å². The van der Waals surface area contributed by atoms with E-state index in [1.54, 1.807) is 0 Å². The van der Waals surface area contributed by atoms with Crippen LogP contribution < -0.4 is 14.8 Å². The zero-order valence-corrected chi connectivity index (χ0v) is 12.2. The first-order valence-electron chi connectivity index (χ1n) is 7.59. The fourth-order valence-electron chi connectivity index (χ4n) is 3.78. The molecule has 1 aromatic carbocycles. The maximum absolute atomic E-state index is 11.8. The highest BCUT2D eigenvalue weighted by atomic mass is 16.7. The molecule has 0 aromatic heterocycles. The number of fused-ring (bicyclic) bond motifs is 2. The van der Waals surface area contributed by atoms with Crippen molar-refractivity contribution in [2.24, 2.45) is 17.8 Å². The molecule has 1 N–H and O–H groups in total. The second-order valence-corrected chi connectivity index (χ2v) is 6.34. The topological polar surface area (TPSA) is 50.8 Å². The lowest BCUT2D eigenvalue weighted by atomic mass is 9.81. The third-order valence-electron chi connectivity index (χ3n) is 5.00. The van der Waals surface area contributed by atoms with Crippen molar-refractivity contribution in [3.63, 3.8) is 0 Å². The molecule has 3 atom stereocenters. The van der Waals surface area contributed by atoms with Crippen molar-refractivity contribution < 1.29 is 14.3 Å². The van der Waals surface area contributed by atoms with Crippen LogP contribution >= 0.6 is 0 Å². The van der Waals surface area contributed by atoms with Crippen molar-refractivity contribution in [1.82, 2.24) is 10.2 Å². The second kappa shape index (κ2) is 4.91. The largest absolute Gasteiger partial charge is 0.454 e. The molecule has 0 aliphatic carbocycles.